The molecule has 1 rings (SSSR count). The van der Waals surface area contributed by atoms with Crippen LogP contribution in [0.15, 0.2) is 30.3 Å². The number of esters is 1. The van der Waals surface area contributed by atoms with Crippen LogP contribution in [0.4, 0.5) is 0 Å². The second-order valence-corrected chi connectivity index (χ2v) is 8.32. The van der Waals surface area contributed by atoms with Gasteiger partial charge < -0.3 is 44.7 Å². The van der Waals surface area contributed by atoms with Crippen molar-refractivity contribution >= 4 is 40.7 Å². The van der Waals surface area contributed by atoms with Gasteiger partial charge in [-0.25, -0.2) is 4.79 Å². The summed E-state index contributed by atoms with van der Waals surface area (Å²) in [5.74, 6) is -0.433. The molecule has 5 N–H and O–H groups in total. The standard InChI is InChI=1S/C20H37B4N4O6/c1-22(31)25-10-12-27(21-17-29)15-18(16-28(24(3)33)13-11-26-23(2)32)9-14-34-20(30)19-7-5-4-6-8-19/h4-8,17-18,25-26,31-33H,9-16H2,1-3H3. The van der Waals surface area contributed by atoms with E-state index in [0.29, 0.717) is 57.4 Å². The predicted molar refractivity (Wildman–Crippen MR) is 138 cm³/mol. The van der Waals surface area contributed by atoms with Crippen molar-refractivity contribution < 1.29 is 29.4 Å². The van der Waals surface area contributed by atoms with Crippen LogP contribution < -0.4 is 10.5 Å². The average Bonchev–Trinajstić information content (AvgIpc) is 2.78. The molecule has 10 nitrogen and oxygen atoms in total. The lowest BCUT2D eigenvalue weighted by molar-refractivity contribution is 0.0473. The van der Waals surface area contributed by atoms with Crippen molar-refractivity contribution in [3.63, 3.8) is 0 Å². The molecule has 0 spiro atoms. The third-order valence-corrected chi connectivity index (χ3v) is 5.23. The van der Waals surface area contributed by atoms with Crippen LogP contribution in [0.3, 0.4) is 0 Å². The number of nitrogens with one attached hydrogen (secondary N) is 2. The average molecular weight is 473 g/mol. The molecule has 34 heavy (non-hydrogen) atoms. The van der Waals surface area contributed by atoms with Crippen molar-refractivity contribution in [2.24, 2.45) is 5.92 Å². The van der Waals surface area contributed by atoms with Gasteiger partial charge in [-0.05, 0) is 77.7 Å². The van der Waals surface area contributed by atoms with E-state index in [2.05, 4.69) is 10.5 Å². The molecule has 0 fully saturated rings. The first-order chi connectivity index (χ1) is 16.2. The molecule has 0 heterocycles. The first kappa shape index (κ1) is 30.4. The molecular weight excluding hydrogens is 435 g/mol. The van der Waals surface area contributed by atoms with Crippen molar-refractivity contribution in [2.45, 2.75) is 26.9 Å². The highest BCUT2D eigenvalue weighted by Crippen LogP contribution is 2.11. The molecule has 0 aliphatic heterocycles. The summed E-state index contributed by atoms with van der Waals surface area (Å²) >= 11 is 0. The number of hydrogen-bond donors (Lipinski definition) is 5. The summed E-state index contributed by atoms with van der Waals surface area (Å²) < 4.78 is 5.46. The Balaban J connectivity index is 2.78. The lowest BCUT2D eigenvalue weighted by Gasteiger charge is -2.32. The Morgan fingerprint density at radius 1 is 1.06 bits per heavy atom. The molecule has 185 valence electrons. The van der Waals surface area contributed by atoms with Gasteiger partial charge in [0.15, 0.2) is 0 Å². The van der Waals surface area contributed by atoms with Crippen LogP contribution >= 0.6 is 0 Å². The van der Waals surface area contributed by atoms with Crippen molar-refractivity contribution in [3.8, 4) is 0 Å². The minimum Gasteiger partial charge on any atom is -0.462 e. The SMILES string of the molecule is CB(O)NCCN([B]C=O)CC(CCOC(=O)c1ccccc1)CN(CCNB(C)O)B(C)O. The van der Waals surface area contributed by atoms with Crippen LogP contribution in [0.2, 0.25) is 20.5 Å². The lowest BCUT2D eigenvalue weighted by Crippen LogP contribution is -2.48. The van der Waals surface area contributed by atoms with Gasteiger partial charge >= 0.3 is 27.1 Å². The molecule has 1 aromatic rings. The Labute approximate surface area is 205 Å². The molecule has 1 atom stereocenters. The Morgan fingerprint density at radius 2 is 1.68 bits per heavy atom. The molecule has 0 saturated heterocycles. The van der Waals surface area contributed by atoms with E-state index in [1.165, 1.54) is 7.41 Å². The van der Waals surface area contributed by atoms with Gasteiger partial charge in [-0.3, -0.25) is 0 Å². The summed E-state index contributed by atoms with van der Waals surface area (Å²) in [4.78, 5) is 27.2. The summed E-state index contributed by atoms with van der Waals surface area (Å²) in [7, 11) is -0.568. The fourth-order valence-corrected chi connectivity index (χ4v) is 3.46. The molecule has 1 aromatic carbocycles. The van der Waals surface area contributed by atoms with E-state index < -0.39 is 27.1 Å². The lowest BCUT2D eigenvalue weighted by atomic mass is 9.82. The van der Waals surface area contributed by atoms with Crippen molar-refractivity contribution in [1.82, 2.24) is 20.1 Å². The molecule has 1 unspecified atom stereocenters. The van der Waals surface area contributed by atoms with Gasteiger partial charge in [-0.15, -0.1) is 0 Å². The van der Waals surface area contributed by atoms with E-state index in [1.807, 2.05) is 15.7 Å². The van der Waals surface area contributed by atoms with Gasteiger partial charge in [-0.1, -0.05) is 18.2 Å². The minimum absolute atomic E-state index is 0.0347. The predicted octanol–water partition coefficient (Wildman–Crippen LogP) is -1.23. The molecule has 1 radical (unpaired) electrons. The number of hydrogen-bond acceptors (Lipinski definition) is 10. The van der Waals surface area contributed by atoms with Crippen LogP contribution in [0.1, 0.15) is 16.8 Å². The molecular formula is C20H37B4N4O6. The van der Waals surface area contributed by atoms with Gasteiger partial charge in [0.25, 0.3) is 7.41 Å². The number of carbonyl (C=O) groups is 2. The van der Waals surface area contributed by atoms with Gasteiger partial charge in [0.2, 0.25) is 0 Å². The van der Waals surface area contributed by atoms with Gasteiger partial charge in [0.05, 0.1) is 18.4 Å². The third kappa shape index (κ3) is 13.9. The highest BCUT2D eigenvalue weighted by molar-refractivity contribution is 6.64. The molecule has 0 bridgehead atoms. The van der Waals surface area contributed by atoms with Crippen LogP contribution in [-0.2, 0) is 9.53 Å². The third-order valence-electron chi connectivity index (χ3n) is 5.23. The second kappa shape index (κ2) is 17.7. The van der Waals surface area contributed by atoms with Gasteiger partial charge in [-0.2, -0.15) is 0 Å². The number of nitrogens with zero attached hydrogens (tertiary/aromatic N) is 2. The maximum Gasteiger partial charge on any atom is 0.376 e. The molecule has 0 aliphatic carbocycles. The van der Waals surface area contributed by atoms with Crippen molar-refractivity contribution in [3.05, 3.63) is 35.9 Å². The normalized spacial score (nSPS) is 11.9. The van der Waals surface area contributed by atoms with Gasteiger partial charge in [0.1, 0.15) is 0 Å². The maximum atomic E-state index is 12.3. The van der Waals surface area contributed by atoms with Crippen molar-refractivity contribution in [1.29, 1.82) is 0 Å². The Kier molecular flexibility index (Phi) is 15.8. The number of ether oxygens (including phenoxy) is 1. The Hall–Kier alpha value is -1.66. The summed E-state index contributed by atoms with van der Waals surface area (Å²) in [6, 6.07) is 8.76. The zero-order valence-electron chi connectivity index (χ0n) is 20.5. The minimum atomic E-state index is -0.717. The van der Waals surface area contributed by atoms with Crippen LogP contribution in [0.25, 0.3) is 0 Å². The van der Waals surface area contributed by atoms with Crippen molar-refractivity contribution in [2.75, 3.05) is 45.9 Å². The first-order valence-electron chi connectivity index (χ1n) is 11.7. The fourth-order valence-electron chi connectivity index (χ4n) is 3.46. The summed E-state index contributed by atoms with van der Waals surface area (Å²) in [6.45, 7) is 8.09. The molecule has 0 amide bonds. The highest BCUT2D eigenvalue weighted by Gasteiger charge is 2.23. The largest absolute Gasteiger partial charge is 0.462 e. The first-order valence-corrected chi connectivity index (χ1v) is 11.7. The zero-order valence-corrected chi connectivity index (χ0v) is 20.5. The number of carbonyl (C=O) groups excluding carboxylic acids is 2. The van der Waals surface area contributed by atoms with Crippen LogP contribution in [0, 0.1) is 5.92 Å². The Morgan fingerprint density at radius 3 is 2.24 bits per heavy atom. The van der Waals surface area contributed by atoms with E-state index in [1.54, 1.807) is 44.7 Å². The van der Waals surface area contributed by atoms with E-state index in [0.717, 1.165) is 0 Å². The topological polar surface area (TPSA) is 135 Å². The quantitative estimate of drug-likeness (QED) is 0.0946. The molecule has 0 aliphatic rings. The number of rotatable bonds is 19. The van der Waals surface area contributed by atoms with Gasteiger partial charge in [0, 0.05) is 6.54 Å². The summed E-state index contributed by atoms with van der Waals surface area (Å²) in [5, 5.41) is 35.0. The van der Waals surface area contributed by atoms with E-state index in [4.69, 9.17) is 4.74 Å². The fraction of sp³-hybridized carbons (Fsp3) is 0.600. The summed E-state index contributed by atoms with van der Waals surface area (Å²) in [5.41, 5.74) is 0.481. The van der Waals surface area contributed by atoms with Crippen LogP contribution in [0.5, 0.6) is 0 Å². The monoisotopic (exact) mass is 473 g/mol. The second-order valence-electron chi connectivity index (χ2n) is 8.32. The van der Waals surface area contributed by atoms with E-state index in [9.17, 15) is 24.7 Å². The number of benzene rings is 1. The Bertz CT molecular complexity index is 690. The molecule has 0 saturated carbocycles. The maximum absolute atomic E-state index is 12.3. The zero-order chi connectivity index (χ0) is 25.3. The van der Waals surface area contributed by atoms with Crippen LogP contribution in [-0.4, -0.2) is 111 Å². The highest BCUT2D eigenvalue weighted by atomic mass is 16.5. The van der Waals surface area contributed by atoms with E-state index >= 15 is 0 Å². The molecule has 0 aromatic heterocycles. The smallest absolute Gasteiger partial charge is 0.376 e. The summed E-state index contributed by atoms with van der Waals surface area (Å²) in [6.07, 6.45) is 1.24. The molecule has 14 heteroatoms. The van der Waals surface area contributed by atoms with E-state index in [-0.39, 0.29) is 12.5 Å².